The van der Waals surface area contributed by atoms with Crippen LogP contribution in [0.3, 0.4) is 0 Å². The molecule has 0 aliphatic heterocycles. The van der Waals surface area contributed by atoms with Crippen LogP contribution in [0.15, 0.2) is 97.2 Å². The molecule has 0 saturated carbocycles. The number of hydrogen-bond donors (Lipinski definition) is 0. The second-order valence-corrected chi connectivity index (χ2v) is 18.6. The van der Waals surface area contributed by atoms with Crippen LogP contribution < -0.4 is 0 Å². The molecule has 0 heterocycles. The van der Waals surface area contributed by atoms with Crippen molar-refractivity contribution in [3.05, 3.63) is 97.2 Å². The van der Waals surface area contributed by atoms with Gasteiger partial charge in [0.25, 0.3) is 0 Å². The van der Waals surface area contributed by atoms with E-state index in [2.05, 4.69) is 118 Å². The molecule has 0 aromatic carbocycles. The fourth-order valence-corrected chi connectivity index (χ4v) is 7.58. The van der Waals surface area contributed by atoms with E-state index >= 15 is 0 Å². The summed E-state index contributed by atoms with van der Waals surface area (Å²) in [6, 6.07) is 0. The van der Waals surface area contributed by atoms with Gasteiger partial charge in [0.15, 0.2) is 6.10 Å². The number of hydrogen-bond acceptors (Lipinski definition) is 6. The summed E-state index contributed by atoms with van der Waals surface area (Å²) in [6.45, 7) is 6.52. The van der Waals surface area contributed by atoms with Gasteiger partial charge in [0.05, 0.1) is 0 Å². The van der Waals surface area contributed by atoms with E-state index in [1.165, 1.54) is 128 Å². The topological polar surface area (TPSA) is 78.9 Å². The Morgan fingerprint density at radius 1 is 0.309 bits per heavy atom. The largest absolute Gasteiger partial charge is 0.462 e. The second kappa shape index (κ2) is 55.9. The third kappa shape index (κ3) is 53.3. The van der Waals surface area contributed by atoms with Crippen LogP contribution in [0.1, 0.15) is 258 Å². The molecule has 6 heteroatoms. The first-order valence-corrected chi connectivity index (χ1v) is 28.3. The van der Waals surface area contributed by atoms with Crippen molar-refractivity contribution in [2.75, 3.05) is 13.2 Å². The van der Waals surface area contributed by atoms with E-state index in [0.29, 0.717) is 19.3 Å². The standard InChI is InChI=1S/C62H104O6/c1-4-7-10-13-16-19-22-25-28-30-32-34-37-40-43-46-49-52-55-61(64)67-58-59(57-66-60(63)54-51-48-45-42-39-36-33-27-24-21-18-15-12-9-6-3)68-62(65)56-53-50-47-44-41-38-35-31-29-26-23-20-17-14-11-8-5-2/h16,19,21-22,24-26,28-30,32,34-35,38,44,47,59H,4-15,17-18,20,23,27,31,33,36-37,39-43,45-46,48-58H2,1-3H3/b19-16-,24-21-,25-22-,29-26-,30-28-,34-32-,38-35-,47-44-. The Morgan fingerprint density at radius 2 is 0.603 bits per heavy atom. The van der Waals surface area contributed by atoms with E-state index < -0.39 is 6.10 Å². The first-order valence-electron chi connectivity index (χ1n) is 28.3. The van der Waals surface area contributed by atoms with Gasteiger partial charge in [-0.25, -0.2) is 0 Å². The van der Waals surface area contributed by atoms with Crippen molar-refractivity contribution in [2.24, 2.45) is 0 Å². The smallest absolute Gasteiger partial charge is 0.306 e. The van der Waals surface area contributed by atoms with Crippen molar-refractivity contribution in [3.63, 3.8) is 0 Å². The number of rotatable bonds is 50. The number of carbonyl (C=O) groups is 3. The summed E-state index contributed by atoms with van der Waals surface area (Å²) in [5, 5.41) is 0. The molecule has 1 unspecified atom stereocenters. The van der Waals surface area contributed by atoms with Crippen molar-refractivity contribution in [1.29, 1.82) is 0 Å². The molecule has 0 aliphatic carbocycles. The fraction of sp³-hybridized carbons (Fsp3) is 0.694. The highest BCUT2D eigenvalue weighted by Crippen LogP contribution is 2.14. The van der Waals surface area contributed by atoms with Gasteiger partial charge in [-0.3, -0.25) is 14.4 Å². The van der Waals surface area contributed by atoms with Crippen molar-refractivity contribution in [3.8, 4) is 0 Å². The fourth-order valence-electron chi connectivity index (χ4n) is 7.58. The van der Waals surface area contributed by atoms with Crippen LogP contribution >= 0.6 is 0 Å². The van der Waals surface area contributed by atoms with Crippen LogP contribution in [0.25, 0.3) is 0 Å². The minimum absolute atomic E-state index is 0.108. The van der Waals surface area contributed by atoms with E-state index in [0.717, 1.165) is 83.5 Å². The van der Waals surface area contributed by atoms with Gasteiger partial charge in [-0.15, -0.1) is 0 Å². The van der Waals surface area contributed by atoms with Crippen LogP contribution in [0, 0.1) is 0 Å². The molecule has 0 aromatic rings. The van der Waals surface area contributed by atoms with Crippen molar-refractivity contribution >= 4 is 17.9 Å². The molecule has 0 bridgehead atoms. The lowest BCUT2D eigenvalue weighted by atomic mass is 10.1. The van der Waals surface area contributed by atoms with Crippen LogP contribution in [0.2, 0.25) is 0 Å². The van der Waals surface area contributed by atoms with Gasteiger partial charge in [-0.05, 0) is 103 Å². The Bertz CT molecular complexity index is 1360. The third-order valence-electron chi connectivity index (χ3n) is 11.9. The summed E-state index contributed by atoms with van der Waals surface area (Å²) in [5.74, 6) is -0.987. The first-order chi connectivity index (χ1) is 33.5. The lowest BCUT2D eigenvalue weighted by molar-refractivity contribution is -0.167. The highest BCUT2D eigenvalue weighted by molar-refractivity contribution is 5.71. The highest BCUT2D eigenvalue weighted by atomic mass is 16.6. The molecule has 0 rings (SSSR count). The first kappa shape index (κ1) is 64.3. The molecule has 0 N–H and O–H groups in total. The molecule has 0 spiro atoms. The van der Waals surface area contributed by atoms with Gasteiger partial charge in [-0.1, -0.05) is 234 Å². The summed E-state index contributed by atoms with van der Waals surface area (Å²) in [5.41, 5.74) is 0. The number of carbonyl (C=O) groups excluding carboxylic acids is 3. The van der Waals surface area contributed by atoms with Crippen LogP contribution in [-0.4, -0.2) is 37.2 Å². The summed E-state index contributed by atoms with van der Waals surface area (Å²) >= 11 is 0. The molecule has 0 radical (unpaired) electrons. The molecule has 388 valence electrons. The second-order valence-electron chi connectivity index (χ2n) is 18.6. The summed E-state index contributed by atoms with van der Waals surface area (Å²) in [7, 11) is 0. The lowest BCUT2D eigenvalue weighted by Crippen LogP contribution is -2.30. The molecular weight excluding hydrogens is 841 g/mol. The molecule has 0 saturated heterocycles. The maximum atomic E-state index is 12.8. The molecule has 0 aromatic heterocycles. The number of esters is 3. The van der Waals surface area contributed by atoms with Gasteiger partial charge < -0.3 is 14.2 Å². The molecule has 68 heavy (non-hydrogen) atoms. The predicted molar refractivity (Wildman–Crippen MR) is 293 cm³/mol. The number of unbranched alkanes of at least 4 members (excludes halogenated alkanes) is 26. The SMILES string of the molecule is CCCCC\C=C/C=C\C=C/C=C\CCCCCCCC(=O)OCC(COC(=O)CCCCCCCCC/C=C\CCCCCC)OC(=O)CCC/C=C\C/C=C\C/C=C\CCCCCCCC. The van der Waals surface area contributed by atoms with Gasteiger partial charge in [0.1, 0.15) is 13.2 Å². The zero-order valence-corrected chi connectivity index (χ0v) is 44.3. The average molecular weight is 946 g/mol. The average Bonchev–Trinajstić information content (AvgIpc) is 3.34. The lowest BCUT2D eigenvalue weighted by Gasteiger charge is -2.18. The Balaban J connectivity index is 4.53. The van der Waals surface area contributed by atoms with Gasteiger partial charge >= 0.3 is 17.9 Å². The minimum atomic E-state index is -0.817. The van der Waals surface area contributed by atoms with E-state index in [1.54, 1.807) is 0 Å². The minimum Gasteiger partial charge on any atom is -0.462 e. The maximum Gasteiger partial charge on any atom is 0.306 e. The molecule has 0 amide bonds. The molecule has 6 nitrogen and oxygen atoms in total. The molecule has 0 fully saturated rings. The predicted octanol–water partition coefficient (Wildman–Crippen LogP) is 18.9. The van der Waals surface area contributed by atoms with E-state index in [1.807, 2.05) is 0 Å². The quantitative estimate of drug-likeness (QED) is 0.0199. The number of ether oxygens (including phenoxy) is 3. The zero-order valence-electron chi connectivity index (χ0n) is 44.3. The molecule has 1 atom stereocenters. The van der Waals surface area contributed by atoms with Gasteiger partial charge in [-0.2, -0.15) is 0 Å². The van der Waals surface area contributed by atoms with Crippen molar-refractivity contribution < 1.29 is 28.6 Å². The Morgan fingerprint density at radius 3 is 1.06 bits per heavy atom. The van der Waals surface area contributed by atoms with Crippen molar-refractivity contribution in [1.82, 2.24) is 0 Å². The van der Waals surface area contributed by atoms with Crippen molar-refractivity contribution in [2.45, 2.75) is 264 Å². The highest BCUT2D eigenvalue weighted by Gasteiger charge is 2.19. The molecular formula is C62H104O6. The summed E-state index contributed by atoms with van der Waals surface area (Å²) < 4.78 is 16.8. The molecule has 0 aliphatic rings. The Hall–Kier alpha value is -3.67. The normalized spacial score (nSPS) is 12.8. The van der Waals surface area contributed by atoms with Gasteiger partial charge in [0.2, 0.25) is 0 Å². The zero-order chi connectivity index (χ0) is 49.3. The summed E-state index contributed by atoms with van der Waals surface area (Å²) in [4.78, 5) is 38.1. The maximum absolute atomic E-state index is 12.8. The Kier molecular flexibility index (Phi) is 52.9. The monoisotopic (exact) mass is 945 g/mol. The summed E-state index contributed by atoms with van der Waals surface area (Å²) in [6.07, 6.45) is 73.9. The van der Waals surface area contributed by atoms with Crippen LogP contribution in [0.4, 0.5) is 0 Å². The van der Waals surface area contributed by atoms with Crippen LogP contribution in [-0.2, 0) is 28.6 Å². The van der Waals surface area contributed by atoms with Gasteiger partial charge in [0, 0.05) is 19.3 Å². The third-order valence-corrected chi connectivity index (χ3v) is 11.9. The van der Waals surface area contributed by atoms with Crippen LogP contribution in [0.5, 0.6) is 0 Å². The van der Waals surface area contributed by atoms with E-state index in [-0.39, 0.29) is 37.5 Å². The Labute approximate surface area is 419 Å². The van der Waals surface area contributed by atoms with E-state index in [4.69, 9.17) is 14.2 Å². The van der Waals surface area contributed by atoms with E-state index in [9.17, 15) is 14.4 Å². The number of allylic oxidation sites excluding steroid dienone is 16.